The van der Waals surface area contributed by atoms with Crippen molar-refractivity contribution < 1.29 is 9.53 Å². The van der Waals surface area contributed by atoms with Crippen LogP contribution in [0.4, 0.5) is 0 Å². The van der Waals surface area contributed by atoms with Crippen LogP contribution >= 0.6 is 0 Å². The molecule has 0 aromatic rings. The second-order valence-electron chi connectivity index (χ2n) is 3.61. The monoisotopic (exact) mass is 170 g/mol. The molecule has 1 aliphatic rings. The van der Waals surface area contributed by atoms with Crippen molar-refractivity contribution in [2.24, 2.45) is 0 Å². The zero-order chi connectivity index (χ0) is 8.81. The second kappa shape index (κ2) is 5.18. The summed E-state index contributed by atoms with van der Waals surface area (Å²) in [4.78, 5) is 11.1. The van der Waals surface area contributed by atoms with Gasteiger partial charge in [0, 0.05) is 6.42 Å². The van der Waals surface area contributed by atoms with Crippen LogP contribution in [0.1, 0.15) is 51.9 Å². The van der Waals surface area contributed by atoms with Gasteiger partial charge in [0.2, 0.25) is 0 Å². The van der Waals surface area contributed by atoms with Gasteiger partial charge in [0.25, 0.3) is 0 Å². The molecule has 0 spiro atoms. The van der Waals surface area contributed by atoms with E-state index >= 15 is 0 Å². The van der Waals surface area contributed by atoms with E-state index in [1.165, 1.54) is 25.7 Å². The van der Waals surface area contributed by atoms with Gasteiger partial charge in [-0.2, -0.15) is 0 Å². The van der Waals surface area contributed by atoms with Gasteiger partial charge in [0.05, 0.1) is 6.10 Å². The van der Waals surface area contributed by atoms with Gasteiger partial charge in [-0.05, 0) is 26.2 Å². The van der Waals surface area contributed by atoms with Crippen LogP contribution in [0, 0.1) is 0 Å². The fourth-order valence-corrected chi connectivity index (χ4v) is 1.57. The van der Waals surface area contributed by atoms with Crippen molar-refractivity contribution in [1.29, 1.82) is 0 Å². The Hall–Kier alpha value is -0.530. The van der Waals surface area contributed by atoms with E-state index < -0.39 is 0 Å². The topological polar surface area (TPSA) is 26.3 Å². The first-order valence-electron chi connectivity index (χ1n) is 4.98. The highest BCUT2D eigenvalue weighted by molar-refractivity contribution is 5.69. The van der Waals surface area contributed by atoms with Gasteiger partial charge >= 0.3 is 5.97 Å². The van der Waals surface area contributed by atoms with Gasteiger partial charge in [-0.25, -0.2) is 0 Å². The lowest BCUT2D eigenvalue weighted by molar-refractivity contribution is -0.148. The lowest BCUT2D eigenvalue weighted by Gasteiger charge is -2.14. The lowest BCUT2D eigenvalue weighted by atomic mass is 10.1. The van der Waals surface area contributed by atoms with E-state index in [-0.39, 0.29) is 12.1 Å². The maximum Gasteiger partial charge on any atom is 0.306 e. The number of rotatable bonds is 0. The summed E-state index contributed by atoms with van der Waals surface area (Å²) in [5.74, 6) is -0.00981. The van der Waals surface area contributed by atoms with E-state index in [1.54, 1.807) is 0 Å². The summed E-state index contributed by atoms with van der Waals surface area (Å²) in [7, 11) is 0. The van der Waals surface area contributed by atoms with Gasteiger partial charge < -0.3 is 4.74 Å². The highest BCUT2D eigenvalue weighted by Gasteiger charge is 2.10. The minimum Gasteiger partial charge on any atom is -0.463 e. The Bertz CT molecular complexity index is 143. The molecular formula is C10H18O2. The molecule has 0 aromatic heterocycles. The van der Waals surface area contributed by atoms with Crippen LogP contribution in [-0.2, 0) is 9.53 Å². The third-order valence-corrected chi connectivity index (χ3v) is 2.32. The van der Waals surface area contributed by atoms with E-state index in [1.807, 2.05) is 6.92 Å². The van der Waals surface area contributed by atoms with Crippen molar-refractivity contribution in [3.05, 3.63) is 0 Å². The molecule has 1 fully saturated rings. The zero-order valence-electron chi connectivity index (χ0n) is 7.84. The number of hydrogen-bond acceptors (Lipinski definition) is 2. The summed E-state index contributed by atoms with van der Waals surface area (Å²) < 4.78 is 5.19. The normalized spacial score (nSPS) is 27.8. The van der Waals surface area contributed by atoms with E-state index in [2.05, 4.69) is 0 Å². The third-order valence-electron chi connectivity index (χ3n) is 2.32. The second-order valence-corrected chi connectivity index (χ2v) is 3.61. The molecule has 0 saturated carbocycles. The molecule has 1 aliphatic heterocycles. The summed E-state index contributed by atoms with van der Waals surface area (Å²) in [5.41, 5.74) is 0. The molecule has 0 aliphatic carbocycles. The smallest absolute Gasteiger partial charge is 0.306 e. The predicted molar refractivity (Wildman–Crippen MR) is 47.9 cm³/mol. The largest absolute Gasteiger partial charge is 0.463 e. The average Bonchev–Trinajstić information content (AvgIpc) is 2.02. The first-order chi connectivity index (χ1) is 5.79. The highest BCUT2D eigenvalue weighted by Crippen LogP contribution is 2.13. The van der Waals surface area contributed by atoms with E-state index in [9.17, 15) is 4.79 Å². The Morgan fingerprint density at radius 3 is 2.67 bits per heavy atom. The maximum absolute atomic E-state index is 11.1. The molecule has 1 heterocycles. The molecule has 1 unspecified atom stereocenters. The van der Waals surface area contributed by atoms with Crippen LogP contribution in [0.25, 0.3) is 0 Å². The Kier molecular flexibility index (Phi) is 4.12. The molecule has 1 rings (SSSR count). The summed E-state index contributed by atoms with van der Waals surface area (Å²) in [6, 6.07) is 0. The molecule has 0 aromatic carbocycles. The van der Waals surface area contributed by atoms with Crippen molar-refractivity contribution in [3.8, 4) is 0 Å². The number of carbonyl (C=O) groups is 1. The third kappa shape index (κ3) is 3.74. The van der Waals surface area contributed by atoms with Crippen LogP contribution in [0.5, 0.6) is 0 Å². The minimum absolute atomic E-state index is 0.00981. The minimum atomic E-state index is -0.00981. The number of carbonyl (C=O) groups excluding carboxylic acids is 1. The lowest BCUT2D eigenvalue weighted by Crippen LogP contribution is -2.15. The first kappa shape index (κ1) is 9.56. The molecule has 12 heavy (non-hydrogen) atoms. The van der Waals surface area contributed by atoms with E-state index in [0.717, 1.165) is 12.8 Å². The van der Waals surface area contributed by atoms with Crippen LogP contribution in [0.3, 0.4) is 0 Å². The van der Waals surface area contributed by atoms with Gasteiger partial charge in [0.15, 0.2) is 0 Å². The number of cyclic esters (lactones) is 1. The Labute approximate surface area is 74.3 Å². The molecule has 1 saturated heterocycles. The Balaban J connectivity index is 2.29. The molecule has 2 nitrogen and oxygen atoms in total. The van der Waals surface area contributed by atoms with Gasteiger partial charge in [0.1, 0.15) is 0 Å². The Morgan fingerprint density at radius 2 is 1.83 bits per heavy atom. The molecule has 0 amide bonds. The van der Waals surface area contributed by atoms with Crippen molar-refractivity contribution >= 4 is 5.97 Å². The van der Waals surface area contributed by atoms with Gasteiger partial charge in [-0.1, -0.05) is 19.3 Å². The summed E-state index contributed by atoms with van der Waals surface area (Å²) in [6.45, 7) is 1.99. The van der Waals surface area contributed by atoms with E-state index in [4.69, 9.17) is 4.74 Å². The summed E-state index contributed by atoms with van der Waals surface area (Å²) in [6.07, 6.45) is 7.75. The molecule has 70 valence electrons. The predicted octanol–water partition coefficient (Wildman–Crippen LogP) is 2.66. The fraction of sp³-hybridized carbons (Fsp3) is 0.900. The van der Waals surface area contributed by atoms with Crippen LogP contribution in [-0.4, -0.2) is 12.1 Å². The molecular weight excluding hydrogens is 152 g/mol. The molecule has 2 heteroatoms. The summed E-state index contributed by atoms with van der Waals surface area (Å²) in [5, 5.41) is 0. The number of esters is 1. The Morgan fingerprint density at radius 1 is 1.17 bits per heavy atom. The van der Waals surface area contributed by atoms with Crippen LogP contribution in [0.2, 0.25) is 0 Å². The van der Waals surface area contributed by atoms with Crippen LogP contribution < -0.4 is 0 Å². The van der Waals surface area contributed by atoms with Crippen molar-refractivity contribution in [2.75, 3.05) is 0 Å². The molecule has 0 bridgehead atoms. The molecule has 1 atom stereocenters. The van der Waals surface area contributed by atoms with Gasteiger partial charge in [-0.3, -0.25) is 4.79 Å². The average molecular weight is 170 g/mol. The molecule has 0 N–H and O–H groups in total. The number of hydrogen-bond donors (Lipinski definition) is 0. The highest BCUT2D eigenvalue weighted by atomic mass is 16.5. The van der Waals surface area contributed by atoms with Crippen molar-refractivity contribution in [3.63, 3.8) is 0 Å². The zero-order valence-corrected chi connectivity index (χ0v) is 7.84. The fourth-order valence-electron chi connectivity index (χ4n) is 1.57. The molecule has 0 radical (unpaired) electrons. The van der Waals surface area contributed by atoms with E-state index in [0.29, 0.717) is 6.42 Å². The standard InChI is InChI=1S/C10H18O2/c1-9-7-5-3-2-4-6-8-10(11)12-9/h9H,2-8H2,1H3. The van der Waals surface area contributed by atoms with Gasteiger partial charge in [-0.15, -0.1) is 0 Å². The summed E-state index contributed by atoms with van der Waals surface area (Å²) >= 11 is 0. The SMILES string of the molecule is CC1CCCCCCCC(=O)O1. The quantitative estimate of drug-likeness (QED) is 0.522. The van der Waals surface area contributed by atoms with Crippen LogP contribution in [0.15, 0.2) is 0 Å². The maximum atomic E-state index is 11.1. The first-order valence-corrected chi connectivity index (χ1v) is 4.98. The number of ether oxygens (including phenoxy) is 1. The van der Waals surface area contributed by atoms with Crippen molar-refractivity contribution in [1.82, 2.24) is 0 Å². The van der Waals surface area contributed by atoms with Crippen molar-refractivity contribution in [2.45, 2.75) is 58.0 Å².